The van der Waals surface area contributed by atoms with Crippen LogP contribution in [0.1, 0.15) is 5.56 Å². The van der Waals surface area contributed by atoms with E-state index in [1.165, 1.54) is 6.20 Å². The van der Waals surface area contributed by atoms with Crippen LogP contribution in [0.2, 0.25) is 5.02 Å². The number of azide groups is 1. The molecule has 0 saturated carbocycles. The maximum atomic E-state index is 12.6. The van der Waals surface area contributed by atoms with Crippen molar-refractivity contribution in [3.05, 3.63) is 39.2 Å². The number of aromatic nitrogens is 1. The molecular weight excluding hydrogens is 207 g/mol. The highest BCUT2D eigenvalue weighted by atomic mass is 35.5. The molecule has 1 rings (SSSR count). The van der Waals surface area contributed by atoms with Gasteiger partial charge in [0, 0.05) is 22.7 Å². The van der Waals surface area contributed by atoms with Gasteiger partial charge >= 0.3 is 0 Å². The van der Waals surface area contributed by atoms with E-state index in [9.17, 15) is 4.39 Å². The van der Waals surface area contributed by atoms with Crippen LogP contribution >= 0.6 is 11.6 Å². The third-order valence-corrected chi connectivity index (χ3v) is 1.56. The molecule has 6 heteroatoms. The maximum absolute atomic E-state index is 12.6. The lowest BCUT2D eigenvalue weighted by molar-refractivity contribution is 0.583. The van der Waals surface area contributed by atoms with E-state index in [-0.39, 0.29) is 11.6 Å². The minimum atomic E-state index is -0.650. The van der Waals surface area contributed by atoms with Crippen LogP contribution in [0.15, 0.2) is 17.4 Å². The van der Waals surface area contributed by atoms with Crippen molar-refractivity contribution >= 4 is 11.6 Å². The molecule has 70 valence electrons. The van der Waals surface area contributed by atoms with Crippen molar-refractivity contribution in [1.29, 1.82) is 0 Å². The Morgan fingerprint density at radius 2 is 2.50 bits per heavy atom. The first-order chi connectivity index (χ1) is 6.74. The molecule has 0 fully saturated rings. The fraction of sp³-hybridized carbons (Fsp3) is 0.125. The molecule has 14 heavy (non-hydrogen) atoms. The Morgan fingerprint density at radius 1 is 1.71 bits per heavy atom. The van der Waals surface area contributed by atoms with E-state index in [1.807, 2.05) is 0 Å². The van der Waals surface area contributed by atoms with Crippen LogP contribution in [0.4, 0.5) is 4.39 Å². The van der Waals surface area contributed by atoms with Crippen molar-refractivity contribution in [2.75, 3.05) is 6.54 Å². The first kappa shape index (κ1) is 10.3. The van der Waals surface area contributed by atoms with E-state index in [0.29, 0.717) is 5.56 Å². The van der Waals surface area contributed by atoms with Crippen molar-refractivity contribution in [3.63, 3.8) is 0 Å². The number of halogens is 2. The van der Waals surface area contributed by atoms with Crippen LogP contribution in [-0.2, 0) is 0 Å². The summed E-state index contributed by atoms with van der Waals surface area (Å²) in [5.74, 6) is 4.43. The normalized spacial score (nSPS) is 8.43. The van der Waals surface area contributed by atoms with Gasteiger partial charge in [0.15, 0.2) is 0 Å². The fourth-order valence-corrected chi connectivity index (χ4v) is 0.861. The largest absolute Gasteiger partial charge is 0.227 e. The van der Waals surface area contributed by atoms with Gasteiger partial charge in [0.05, 0.1) is 11.6 Å². The van der Waals surface area contributed by atoms with Crippen molar-refractivity contribution in [1.82, 2.24) is 4.98 Å². The van der Waals surface area contributed by atoms with E-state index in [1.54, 1.807) is 0 Å². The van der Waals surface area contributed by atoms with Crippen molar-refractivity contribution in [2.24, 2.45) is 5.11 Å². The molecule has 0 unspecified atom stereocenters. The Hall–Kier alpha value is -1.76. The summed E-state index contributed by atoms with van der Waals surface area (Å²) < 4.78 is 12.6. The van der Waals surface area contributed by atoms with Gasteiger partial charge in [-0.2, -0.15) is 4.39 Å². The van der Waals surface area contributed by atoms with Gasteiger partial charge in [-0.05, 0) is 5.53 Å². The van der Waals surface area contributed by atoms with Gasteiger partial charge in [0.25, 0.3) is 0 Å². The summed E-state index contributed by atoms with van der Waals surface area (Å²) in [5.41, 5.74) is 8.28. The smallest absolute Gasteiger partial charge is 0.214 e. The molecule has 0 aliphatic rings. The van der Waals surface area contributed by atoms with Gasteiger partial charge in [-0.1, -0.05) is 28.6 Å². The molecule has 1 heterocycles. The SMILES string of the molecule is [N-]=[N+]=NCC#Cc1cc(F)ncc1Cl. The van der Waals surface area contributed by atoms with Gasteiger partial charge in [0.1, 0.15) is 0 Å². The van der Waals surface area contributed by atoms with Crippen molar-refractivity contribution in [3.8, 4) is 11.8 Å². The van der Waals surface area contributed by atoms with Gasteiger partial charge in [0.2, 0.25) is 5.95 Å². The Balaban J connectivity index is 2.88. The highest BCUT2D eigenvalue weighted by Crippen LogP contribution is 2.13. The molecule has 4 nitrogen and oxygen atoms in total. The third kappa shape index (κ3) is 2.94. The van der Waals surface area contributed by atoms with Crippen LogP contribution in [-0.4, -0.2) is 11.5 Å². The summed E-state index contributed by atoms with van der Waals surface area (Å²) in [6, 6.07) is 1.12. The Labute approximate surface area is 84.3 Å². The number of pyridine rings is 1. The average molecular weight is 211 g/mol. The summed E-state index contributed by atoms with van der Waals surface area (Å²) in [4.78, 5) is 5.85. The Kier molecular flexibility index (Phi) is 3.74. The molecule has 1 aromatic heterocycles. The van der Waals surface area contributed by atoms with Crippen LogP contribution in [0.5, 0.6) is 0 Å². The predicted molar refractivity (Wildman–Crippen MR) is 50.1 cm³/mol. The molecule has 0 N–H and O–H groups in total. The zero-order chi connectivity index (χ0) is 10.4. The van der Waals surface area contributed by atoms with Gasteiger partial charge in [-0.25, -0.2) is 4.98 Å². The minimum Gasteiger partial charge on any atom is -0.227 e. The first-order valence-electron chi connectivity index (χ1n) is 3.55. The molecule has 0 amide bonds. The first-order valence-corrected chi connectivity index (χ1v) is 3.92. The molecule has 1 aromatic rings. The second-order valence-electron chi connectivity index (χ2n) is 2.18. The van der Waals surface area contributed by atoms with Gasteiger partial charge < -0.3 is 0 Å². The van der Waals surface area contributed by atoms with E-state index in [2.05, 4.69) is 26.9 Å². The monoisotopic (exact) mass is 210 g/mol. The molecule has 0 aliphatic carbocycles. The summed E-state index contributed by atoms with van der Waals surface area (Å²) in [6.45, 7) is 0.0246. The van der Waals surface area contributed by atoms with Gasteiger partial charge in [-0.3, -0.25) is 0 Å². The molecular formula is C8H4ClFN4. The predicted octanol–water partition coefficient (Wildman–Crippen LogP) is 2.54. The van der Waals surface area contributed by atoms with Crippen LogP contribution in [0.25, 0.3) is 10.4 Å². The number of rotatable bonds is 1. The molecule has 0 spiro atoms. The minimum absolute atomic E-state index is 0.0246. The van der Waals surface area contributed by atoms with E-state index >= 15 is 0 Å². The lowest BCUT2D eigenvalue weighted by atomic mass is 10.3. The second kappa shape index (κ2) is 5.07. The summed E-state index contributed by atoms with van der Waals surface area (Å²) in [5, 5.41) is 3.46. The average Bonchev–Trinajstić information content (AvgIpc) is 2.18. The van der Waals surface area contributed by atoms with E-state index in [0.717, 1.165) is 6.07 Å². The molecule has 0 radical (unpaired) electrons. The zero-order valence-corrected chi connectivity index (χ0v) is 7.66. The van der Waals surface area contributed by atoms with Crippen LogP contribution < -0.4 is 0 Å². The van der Waals surface area contributed by atoms with E-state index in [4.69, 9.17) is 17.1 Å². The third-order valence-electron chi connectivity index (χ3n) is 1.26. The summed E-state index contributed by atoms with van der Waals surface area (Å²) in [6.07, 6.45) is 1.18. The second-order valence-corrected chi connectivity index (χ2v) is 2.58. The van der Waals surface area contributed by atoms with Crippen LogP contribution in [0.3, 0.4) is 0 Å². The molecule has 0 saturated heterocycles. The Bertz CT molecular complexity index is 442. The molecule has 0 atom stereocenters. The summed E-state index contributed by atoms with van der Waals surface area (Å²) >= 11 is 5.67. The van der Waals surface area contributed by atoms with Crippen LogP contribution in [0, 0.1) is 17.8 Å². The topological polar surface area (TPSA) is 61.7 Å². The molecule has 0 bridgehead atoms. The number of nitrogens with zero attached hydrogens (tertiary/aromatic N) is 4. The standard InChI is InChI=1S/C8H4ClFN4/c9-7-5-12-8(10)4-6(7)2-1-3-13-14-11/h4-5H,3H2. The zero-order valence-electron chi connectivity index (χ0n) is 6.91. The molecule has 0 aliphatic heterocycles. The summed E-state index contributed by atoms with van der Waals surface area (Å²) in [7, 11) is 0. The van der Waals surface area contributed by atoms with Crippen molar-refractivity contribution in [2.45, 2.75) is 0 Å². The highest BCUT2D eigenvalue weighted by molar-refractivity contribution is 6.31. The Morgan fingerprint density at radius 3 is 3.21 bits per heavy atom. The lowest BCUT2D eigenvalue weighted by Crippen LogP contribution is -1.85. The van der Waals surface area contributed by atoms with Gasteiger partial charge in [-0.15, -0.1) is 0 Å². The van der Waals surface area contributed by atoms with Crippen molar-refractivity contribution < 1.29 is 4.39 Å². The highest BCUT2D eigenvalue weighted by Gasteiger charge is 1.98. The number of hydrogen-bond acceptors (Lipinski definition) is 2. The van der Waals surface area contributed by atoms with E-state index < -0.39 is 5.95 Å². The maximum Gasteiger partial charge on any atom is 0.214 e. The molecule has 0 aromatic carbocycles. The fourth-order valence-electron chi connectivity index (χ4n) is 0.711. The number of hydrogen-bond donors (Lipinski definition) is 0. The quantitative estimate of drug-likeness (QED) is 0.231. The lowest BCUT2D eigenvalue weighted by Gasteiger charge is -1.93.